The molecule has 4 heteroatoms. The van der Waals surface area contributed by atoms with Crippen LogP contribution in [-0.4, -0.2) is 15.9 Å². The molecule has 1 atom stereocenters. The minimum atomic E-state index is -0.232. The van der Waals surface area contributed by atoms with E-state index in [-0.39, 0.29) is 18.4 Å². The van der Waals surface area contributed by atoms with Gasteiger partial charge in [0.15, 0.2) is 0 Å². The van der Waals surface area contributed by atoms with Crippen molar-refractivity contribution in [1.29, 1.82) is 0 Å². The predicted octanol–water partition coefficient (Wildman–Crippen LogP) is 3.54. The zero-order valence-corrected chi connectivity index (χ0v) is 14.4. The first-order chi connectivity index (χ1) is 12.1. The summed E-state index contributed by atoms with van der Waals surface area (Å²) in [5.41, 5.74) is 5.19. The van der Waals surface area contributed by atoms with E-state index in [2.05, 4.69) is 47.3 Å². The van der Waals surface area contributed by atoms with E-state index in [9.17, 15) is 4.79 Å². The molecule has 0 unspecified atom stereocenters. The number of benzene rings is 1. The van der Waals surface area contributed by atoms with Gasteiger partial charge in [-0.2, -0.15) is 0 Å². The SMILES string of the molecule is Cc1ccc([C@@H](NC(=O)Cc2ccccn2)c2cccnc2)cc1C. The molecule has 0 bridgehead atoms. The highest BCUT2D eigenvalue weighted by Crippen LogP contribution is 2.23. The number of rotatable bonds is 5. The van der Waals surface area contributed by atoms with Gasteiger partial charge in [-0.1, -0.05) is 30.3 Å². The summed E-state index contributed by atoms with van der Waals surface area (Å²) >= 11 is 0. The van der Waals surface area contributed by atoms with Gasteiger partial charge in [0, 0.05) is 24.3 Å². The number of carbonyl (C=O) groups is 1. The lowest BCUT2D eigenvalue weighted by atomic mass is 9.96. The molecule has 2 heterocycles. The maximum Gasteiger partial charge on any atom is 0.226 e. The summed E-state index contributed by atoms with van der Waals surface area (Å²) in [6.45, 7) is 4.16. The fourth-order valence-corrected chi connectivity index (χ4v) is 2.73. The molecule has 2 aromatic heterocycles. The second-order valence-corrected chi connectivity index (χ2v) is 6.13. The van der Waals surface area contributed by atoms with Crippen molar-refractivity contribution in [2.24, 2.45) is 0 Å². The Kier molecular flexibility index (Phi) is 5.19. The number of aryl methyl sites for hydroxylation is 2. The van der Waals surface area contributed by atoms with Gasteiger partial charge in [0.25, 0.3) is 0 Å². The van der Waals surface area contributed by atoms with Crippen LogP contribution < -0.4 is 5.32 Å². The van der Waals surface area contributed by atoms with E-state index in [4.69, 9.17) is 0 Å². The van der Waals surface area contributed by atoms with Crippen LogP contribution in [-0.2, 0) is 11.2 Å². The molecule has 0 aliphatic rings. The molecule has 0 radical (unpaired) electrons. The Bertz CT molecular complexity index is 848. The number of nitrogens with one attached hydrogen (secondary N) is 1. The normalized spacial score (nSPS) is 11.8. The Balaban J connectivity index is 1.86. The van der Waals surface area contributed by atoms with Gasteiger partial charge in [-0.05, 0) is 54.3 Å². The minimum absolute atomic E-state index is 0.0641. The molecule has 1 N–H and O–H groups in total. The van der Waals surface area contributed by atoms with Crippen molar-refractivity contribution < 1.29 is 4.79 Å². The van der Waals surface area contributed by atoms with Crippen LogP contribution >= 0.6 is 0 Å². The molecule has 1 amide bonds. The summed E-state index contributed by atoms with van der Waals surface area (Å²) in [6, 6.07) is 15.5. The Morgan fingerprint density at radius 2 is 1.88 bits per heavy atom. The van der Waals surface area contributed by atoms with Crippen molar-refractivity contribution in [3.05, 3.63) is 95.1 Å². The Morgan fingerprint density at radius 1 is 1.00 bits per heavy atom. The molecule has 0 aliphatic heterocycles. The largest absolute Gasteiger partial charge is 0.345 e. The van der Waals surface area contributed by atoms with E-state index in [1.54, 1.807) is 18.6 Å². The lowest BCUT2D eigenvalue weighted by molar-refractivity contribution is -0.121. The minimum Gasteiger partial charge on any atom is -0.345 e. The molecular weight excluding hydrogens is 310 g/mol. The molecule has 25 heavy (non-hydrogen) atoms. The first kappa shape index (κ1) is 16.8. The summed E-state index contributed by atoms with van der Waals surface area (Å²) in [4.78, 5) is 21.0. The lowest BCUT2D eigenvalue weighted by Crippen LogP contribution is -2.31. The summed E-state index contributed by atoms with van der Waals surface area (Å²) in [7, 11) is 0. The Hall–Kier alpha value is -3.01. The molecule has 3 aromatic rings. The van der Waals surface area contributed by atoms with Crippen LogP contribution in [0.3, 0.4) is 0 Å². The maximum absolute atomic E-state index is 12.5. The molecule has 126 valence electrons. The quantitative estimate of drug-likeness (QED) is 0.778. The third-order valence-corrected chi connectivity index (χ3v) is 4.26. The monoisotopic (exact) mass is 331 g/mol. The van der Waals surface area contributed by atoms with Crippen LogP contribution in [0.15, 0.2) is 67.1 Å². The standard InChI is InChI=1S/C21H21N3O/c1-15-8-9-17(12-16(15)2)21(18-6-5-10-22-14-18)24-20(25)13-19-7-3-4-11-23-19/h3-12,14,21H,13H2,1-2H3,(H,24,25)/t21-/m1/s1. The highest BCUT2D eigenvalue weighted by Gasteiger charge is 2.18. The molecular formula is C21H21N3O. The highest BCUT2D eigenvalue weighted by atomic mass is 16.1. The van der Waals surface area contributed by atoms with Crippen molar-refractivity contribution in [2.45, 2.75) is 26.3 Å². The smallest absolute Gasteiger partial charge is 0.226 e. The van der Waals surface area contributed by atoms with Crippen LogP contribution in [0.4, 0.5) is 0 Å². The number of nitrogens with zero attached hydrogens (tertiary/aromatic N) is 2. The first-order valence-corrected chi connectivity index (χ1v) is 8.30. The van der Waals surface area contributed by atoms with Crippen LogP contribution in [0.1, 0.15) is 34.0 Å². The summed E-state index contributed by atoms with van der Waals surface area (Å²) in [5, 5.41) is 3.13. The molecule has 0 fully saturated rings. The van der Waals surface area contributed by atoms with Gasteiger partial charge in [0.2, 0.25) is 5.91 Å². The topological polar surface area (TPSA) is 54.9 Å². The molecule has 4 nitrogen and oxygen atoms in total. The third-order valence-electron chi connectivity index (χ3n) is 4.26. The second kappa shape index (κ2) is 7.71. The van der Waals surface area contributed by atoms with Gasteiger partial charge in [-0.15, -0.1) is 0 Å². The molecule has 0 spiro atoms. The molecule has 0 aliphatic carbocycles. The van der Waals surface area contributed by atoms with E-state index in [1.165, 1.54) is 11.1 Å². The van der Waals surface area contributed by atoms with Gasteiger partial charge >= 0.3 is 0 Å². The van der Waals surface area contributed by atoms with E-state index in [0.717, 1.165) is 16.8 Å². The van der Waals surface area contributed by atoms with Crippen molar-refractivity contribution in [3.63, 3.8) is 0 Å². The van der Waals surface area contributed by atoms with Crippen LogP contribution in [0, 0.1) is 13.8 Å². The van der Waals surface area contributed by atoms with E-state index in [1.807, 2.05) is 30.3 Å². The fourth-order valence-electron chi connectivity index (χ4n) is 2.73. The first-order valence-electron chi connectivity index (χ1n) is 8.30. The molecule has 3 rings (SSSR count). The number of hydrogen-bond acceptors (Lipinski definition) is 3. The summed E-state index contributed by atoms with van der Waals surface area (Å²) in [5.74, 6) is -0.0641. The molecule has 0 saturated carbocycles. The molecule has 0 saturated heterocycles. The Morgan fingerprint density at radius 3 is 2.56 bits per heavy atom. The zero-order valence-electron chi connectivity index (χ0n) is 14.4. The van der Waals surface area contributed by atoms with Crippen LogP contribution in [0.2, 0.25) is 0 Å². The second-order valence-electron chi connectivity index (χ2n) is 6.13. The number of carbonyl (C=O) groups excluding carboxylic acids is 1. The number of amides is 1. The van der Waals surface area contributed by atoms with Crippen molar-refractivity contribution >= 4 is 5.91 Å². The predicted molar refractivity (Wildman–Crippen MR) is 98.1 cm³/mol. The van der Waals surface area contributed by atoms with E-state index in [0.29, 0.717) is 0 Å². The van der Waals surface area contributed by atoms with Gasteiger partial charge in [0.1, 0.15) is 0 Å². The third kappa shape index (κ3) is 4.29. The van der Waals surface area contributed by atoms with Crippen LogP contribution in [0.5, 0.6) is 0 Å². The highest BCUT2D eigenvalue weighted by molar-refractivity contribution is 5.79. The maximum atomic E-state index is 12.5. The average Bonchev–Trinajstić information content (AvgIpc) is 2.64. The summed E-state index contributed by atoms with van der Waals surface area (Å²) < 4.78 is 0. The van der Waals surface area contributed by atoms with Crippen molar-refractivity contribution in [3.8, 4) is 0 Å². The Labute approximate surface area is 148 Å². The number of aromatic nitrogens is 2. The van der Waals surface area contributed by atoms with Gasteiger partial charge < -0.3 is 5.32 Å². The van der Waals surface area contributed by atoms with Crippen molar-refractivity contribution in [2.75, 3.05) is 0 Å². The average molecular weight is 331 g/mol. The van der Waals surface area contributed by atoms with Gasteiger partial charge in [-0.3, -0.25) is 14.8 Å². The molecule has 1 aromatic carbocycles. The lowest BCUT2D eigenvalue weighted by Gasteiger charge is -2.20. The summed E-state index contributed by atoms with van der Waals surface area (Å²) in [6.07, 6.45) is 5.48. The van der Waals surface area contributed by atoms with Crippen LogP contribution in [0.25, 0.3) is 0 Å². The fraction of sp³-hybridized carbons (Fsp3) is 0.190. The zero-order chi connectivity index (χ0) is 17.6. The number of pyridine rings is 2. The van der Waals surface area contributed by atoms with E-state index < -0.39 is 0 Å². The van der Waals surface area contributed by atoms with Crippen molar-refractivity contribution in [1.82, 2.24) is 15.3 Å². The number of hydrogen-bond donors (Lipinski definition) is 1. The van der Waals surface area contributed by atoms with Gasteiger partial charge in [-0.25, -0.2) is 0 Å². The van der Waals surface area contributed by atoms with E-state index >= 15 is 0 Å². The van der Waals surface area contributed by atoms with Gasteiger partial charge in [0.05, 0.1) is 12.5 Å².